The van der Waals surface area contributed by atoms with Crippen LogP contribution < -0.4 is 0 Å². The van der Waals surface area contributed by atoms with Gasteiger partial charge in [-0.15, -0.1) is 0 Å². The van der Waals surface area contributed by atoms with Crippen LogP contribution in [0.2, 0.25) is 0 Å². The van der Waals surface area contributed by atoms with Crippen LogP contribution in [0.3, 0.4) is 0 Å². The van der Waals surface area contributed by atoms with Crippen LogP contribution in [0, 0.1) is 5.41 Å². The van der Waals surface area contributed by atoms with Crippen LogP contribution in [0.5, 0.6) is 0 Å². The topological polar surface area (TPSA) is 38.9 Å². The van der Waals surface area contributed by atoms with Gasteiger partial charge in [0.05, 0.1) is 11.4 Å². The van der Waals surface area contributed by atoms with E-state index in [1.165, 1.54) is 5.39 Å². The summed E-state index contributed by atoms with van der Waals surface area (Å²) in [4.78, 5) is 9.25. The molecular weight excluding hydrogens is 416 g/mol. The molecule has 0 atom stereocenters. The monoisotopic (exact) mass is 444 g/mol. The van der Waals surface area contributed by atoms with Gasteiger partial charge in [-0.1, -0.05) is 63.2 Å². The second-order valence-corrected chi connectivity index (χ2v) is 9.72. The summed E-state index contributed by atoms with van der Waals surface area (Å²) < 4.78 is 23.4. The van der Waals surface area contributed by atoms with E-state index in [9.17, 15) is 0 Å². The summed E-state index contributed by atoms with van der Waals surface area (Å²) in [7, 11) is 0. The molecule has 3 heterocycles. The maximum Gasteiger partial charge on any atom is 0.144 e. The summed E-state index contributed by atoms with van der Waals surface area (Å²) >= 11 is 0. The first-order valence-electron chi connectivity index (χ1n) is 12.5. The SMILES string of the molecule is [2H]C([2H])(c1ccc(-c2ccnc(-c3cccc4c3oc3cc5ccccc5cc34)c2)nc1)C(C)(C)C. The summed E-state index contributed by atoms with van der Waals surface area (Å²) in [6.45, 7) is 5.70. The van der Waals surface area contributed by atoms with Gasteiger partial charge in [0.1, 0.15) is 11.2 Å². The second-order valence-electron chi connectivity index (χ2n) is 9.72. The zero-order chi connectivity index (χ0) is 25.1. The molecule has 6 aromatic rings. The minimum atomic E-state index is -1.48. The lowest BCUT2D eigenvalue weighted by Gasteiger charge is -2.17. The molecule has 0 N–H and O–H groups in total. The number of benzene rings is 3. The highest BCUT2D eigenvalue weighted by atomic mass is 16.3. The van der Waals surface area contributed by atoms with Gasteiger partial charge in [-0.3, -0.25) is 9.97 Å². The van der Waals surface area contributed by atoms with Crippen molar-refractivity contribution in [1.29, 1.82) is 0 Å². The molecule has 0 radical (unpaired) electrons. The van der Waals surface area contributed by atoms with Crippen molar-refractivity contribution in [1.82, 2.24) is 9.97 Å². The zero-order valence-electron chi connectivity index (χ0n) is 21.5. The lowest BCUT2D eigenvalue weighted by atomic mass is 9.89. The summed E-state index contributed by atoms with van der Waals surface area (Å²) in [5.41, 5.74) is 5.14. The molecule has 0 aliphatic heterocycles. The molecule has 0 amide bonds. The van der Waals surface area contributed by atoms with E-state index in [1.807, 2.05) is 63.2 Å². The lowest BCUT2D eigenvalue weighted by molar-refractivity contribution is 0.411. The van der Waals surface area contributed by atoms with Crippen molar-refractivity contribution in [2.45, 2.75) is 27.1 Å². The Hall–Kier alpha value is -3.98. The third-order valence-corrected chi connectivity index (χ3v) is 5.98. The third-order valence-electron chi connectivity index (χ3n) is 5.98. The van der Waals surface area contributed by atoms with E-state index in [2.05, 4.69) is 46.4 Å². The molecule has 0 saturated heterocycles. The van der Waals surface area contributed by atoms with Gasteiger partial charge in [0.15, 0.2) is 0 Å². The van der Waals surface area contributed by atoms with Gasteiger partial charge >= 0.3 is 0 Å². The number of rotatable bonds is 3. The van der Waals surface area contributed by atoms with Crippen molar-refractivity contribution in [2.75, 3.05) is 0 Å². The molecular formula is C31H26N2O. The largest absolute Gasteiger partial charge is 0.455 e. The van der Waals surface area contributed by atoms with Crippen molar-refractivity contribution in [3.8, 4) is 22.5 Å². The van der Waals surface area contributed by atoms with Gasteiger partial charge < -0.3 is 4.42 Å². The van der Waals surface area contributed by atoms with Crippen molar-refractivity contribution in [2.24, 2.45) is 5.41 Å². The minimum Gasteiger partial charge on any atom is -0.455 e. The quantitative estimate of drug-likeness (QED) is 0.275. The summed E-state index contributed by atoms with van der Waals surface area (Å²) in [6, 6.07) is 26.4. The smallest absolute Gasteiger partial charge is 0.144 e. The fourth-order valence-electron chi connectivity index (χ4n) is 4.49. The number of aromatic nitrogens is 2. The van der Waals surface area contributed by atoms with E-state index in [4.69, 9.17) is 7.16 Å². The van der Waals surface area contributed by atoms with Gasteiger partial charge in [0, 0.05) is 37.0 Å². The lowest BCUT2D eigenvalue weighted by Crippen LogP contribution is -2.09. The Morgan fingerprint density at radius 1 is 0.794 bits per heavy atom. The third kappa shape index (κ3) is 3.73. The Kier molecular flexibility index (Phi) is 4.24. The summed E-state index contributed by atoms with van der Waals surface area (Å²) in [6.07, 6.45) is 1.94. The zero-order valence-corrected chi connectivity index (χ0v) is 19.5. The molecule has 3 aromatic carbocycles. The summed E-state index contributed by atoms with van der Waals surface area (Å²) in [5.74, 6) is 0. The van der Waals surface area contributed by atoms with Gasteiger partial charge in [-0.05, 0) is 64.5 Å². The minimum absolute atomic E-state index is 0.531. The molecule has 3 aromatic heterocycles. The number of para-hydroxylation sites is 1. The van der Waals surface area contributed by atoms with Gasteiger partial charge in [-0.25, -0.2) is 0 Å². The normalized spacial score (nSPS) is 13.4. The molecule has 166 valence electrons. The first-order chi connectivity index (χ1) is 17.2. The van der Waals surface area contributed by atoms with Crippen LogP contribution in [0.25, 0.3) is 55.2 Å². The van der Waals surface area contributed by atoms with Gasteiger partial charge in [-0.2, -0.15) is 0 Å². The van der Waals surface area contributed by atoms with Crippen LogP contribution in [0.15, 0.2) is 95.7 Å². The van der Waals surface area contributed by atoms with E-state index >= 15 is 0 Å². The van der Waals surface area contributed by atoms with Crippen LogP contribution in [-0.4, -0.2) is 9.97 Å². The highest BCUT2D eigenvalue weighted by molar-refractivity contribution is 6.13. The Labute approximate surface area is 201 Å². The van der Waals surface area contributed by atoms with Crippen molar-refractivity contribution in [3.63, 3.8) is 0 Å². The van der Waals surface area contributed by atoms with E-state index in [1.54, 1.807) is 12.4 Å². The number of furan rings is 1. The maximum atomic E-state index is 8.52. The van der Waals surface area contributed by atoms with Crippen molar-refractivity contribution >= 4 is 32.7 Å². The van der Waals surface area contributed by atoms with E-state index < -0.39 is 11.8 Å². The van der Waals surface area contributed by atoms with Crippen LogP contribution in [-0.2, 0) is 6.37 Å². The first-order valence-corrected chi connectivity index (χ1v) is 11.5. The van der Waals surface area contributed by atoms with Gasteiger partial charge in [0.25, 0.3) is 0 Å². The van der Waals surface area contributed by atoms with Crippen molar-refractivity contribution in [3.05, 3.63) is 96.8 Å². The Balaban J connectivity index is 1.43. The standard InChI is InChI=1S/C31H26N2O/c1-31(2,3)18-20-11-12-27(33-19-20)23-13-14-32-28(16-23)25-10-6-9-24-26-15-21-7-4-5-8-22(21)17-29(26)34-30(24)25/h4-17,19H,18H2,1-3H3/i18D2. The number of nitrogens with zero attached hydrogens (tertiary/aromatic N) is 2. The molecule has 0 fully saturated rings. The van der Waals surface area contributed by atoms with E-state index in [-0.39, 0.29) is 0 Å². The number of hydrogen-bond donors (Lipinski definition) is 0. The fourth-order valence-corrected chi connectivity index (χ4v) is 4.49. The maximum absolute atomic E-state index is 8.52. The number of pyridine rings is 2. The number of hydrogen-bond acceptors (Lipinski definition) is 3. The summed E-state index contributed by atoms with van der Waals surface area (Å²) in [5, 5.41) is 4.49. The first kappa shape index (κ1) is 18.4. The predicted octanol–water partition coefficient (Wildman–Crippen LogP) is 8.45. The second kappa shape index (κ2) is 7.81. The van der Waals surface area contributed by atoms with E-state index in [0.717, 1.165) is 49.8 Å². The average molecular weight is 445 g/mol. The van der Waals surface area contributed by atoms with Crippen LogP contribution in [0.1, 0.15) is 29.1 Å². The van der Waals surface area contributed by atoms with Crippen LogP contribution >= 0.6 is 0 Å². The number of fused-ring (bicyclic) bond motifs is 4. The van der Waals surface area contributed by atoms with Crippen LogP contribution in [0.4, 0.5) is 0 Å². The molecule has 0 aliphatic carbocycles. The molecule has 0 aliphatic rings. The molecule has 6 rings (SSSR count). The Morgan fingerprint density at radius 3 is 2.38 bits per heavy atom. The molecule has 3 heteroatoms. The Bertz CT molecular complexity index is 1750. The molecule has 0 spiro atoms. The Morgan fingerprint density at radius 2 is 1.62 bits per heavy atom. The fraction of sp³-hybridized carbons (Fsp3) is 0.161. The van der Waals surface area contributed by atoms with Gasteiger partial charge in [0.2, 0.25) is 0 Å². The molecule has 0 unspecified atom stereocenters. The van der Waals surface area contributed by atoms with E-state index in [0.29, 0.717) is 5.56 Å². The molecule has 34 heavy (non-hydrogen) atoms. The predicted molar refractivity (Wildman–Crippen MR) is 141 cm³/mol. The highest BCUT2D eigenvalue weighted by Crippen LogP contribution is 2.37. The highest BCUT2D eigenvalue weighted by Gasteiger charge is 2.15. The average Bonchev–Trinajstić information content (AvgIpc) is 3.24. The molecule has 0 bridgehead atoms. The molecule has 0 saturated carbocycles. The van der Waals surface area contributed by atoms with Crippen molar-refractivity contribution < 1.29 is 7.16 Å². The molecule has 3 nitrogen and oxygen atoms in total.